The van der Waals surface area contributed by atoms with Gasteiger partial charge in [0.1, 0.15) is 11.6 Å². The second kappa shape index (κ2) is 15.3. The van der Waals surface area contributed by atoms with Crippen LogP contribution in [-0.4, -0.2) is 37.4 Å². The van der Waals surface area contributed by atoms with Gasteiger partial charge in [0.25, 0.3) is 0 Å². The minimum absolute atomic E-state index is 0.0225. The summed E-state index contributed by atoms with van der Waals surface area (Å²) in [6, 6.07) is 38.1. The minimum Gasteiger partial charge on any atom is -0.462 e. The topological polar surface area (TPSA) is 93.5 Å². The number of esters is 1. The normalized spacial score (nSPS) is 9.95. The van der Waals surface area contributed by atoms with Crippen molar-refractivity contribution >= 4 is 23.1 Å². The molecule has 4 aromatic carbocycles. The third kappa shape index (κ3) is 7.70. The van der Waals surface area contributed by atoms with Crippen molar-refractivity contribution in [2.75, 3.05) is 13.7 Å². The molecule has 4 rings (SSSR count). The fourth-order valence-corrected chi connectivity index (χ4v) is 3.91. The molecule has 0 amide bonds. The predicted octanol–water partition coefficient (Wildman–Crippen LogP) is 6.34. The van der Waals surface area contributed by atoms with Crippen molar-refractivity contribution in [3.05, 3.63) is 149 Å². The zero-order chi connectivity index (χ0) is 28.7. The van der Waals surface area contributed by atoms with Crippen molar-refractivity contribution in [1.82, 2.24) is 0 Å². The van der Waals surface area contributed by atoms with Crippen LogP contribution in [0.15, 0.2) is 127 Å². The summed E-state index contributed by atoms with van der Waals surface area (Å²) >= 11 is 0. The van der Waals surface area contributed by atoms with E-state index in [-0.39, 0.29) is 23.7 Å². The Hall–Kier alpha value is -5.12. The van der Waals surface area contributed by atoms with Gasteiger partial charge in [-0.25, -0.2) is 4.79 Å². The number of Topliss-reactive ketones (excluding diaryl/α,β-unsaturated/α-hetero) is 2. The van der Waals surface area contributed by atoms with Gasteiger partial charge in [-0.2, -0.15) is 5.26 Å². The maximum atomic E-state index is 12.2. The number of hydrogen-bond donors (Lipinski definition) is 0. The van der Waals surface area contributed by atoms with Crippen molar-refractivity contribution < 1.29 is 23.9 Å². The highest BCUT2D eigenvalue weighted by Crippen LogP contribution is 2.27. The average Bonchev–Trinajstić information content (AvgIpc) is 3.02. The molecule has 0 bridgehead atoms. The van der Waals surface area contributed by atoms with E-state index in [2.05, 4.69) is 0 Å². The number of rotatable bonds is 9. The molecule has 40 heavy (non-hydrogen) atoms. The molecule has 0 aliphatic heterocycles. The van der Waals surface area contributed by atoms with Gasteiger partial charge in [-0.15, -0.1) is 0 Å². The number of carbonyl (C=O) groups is 3. The average molecular weight is 532 g/mol. The van der Waals surface area contributed by atoms with Crippen LogP contribution in [0.1, 0.15) is 38.8 Å². The summed E-state index contributed by atoms with van der Waals surface area (Å²) in [7, 11) is 1.37. The van der Waals surface area contributed by atoms with E-state index in [0.717, 1.165) is 11.1 Å². The molecule has 6 nitrogen and oxygen atoms in total. The molecule has 0 spiro atoms. The molecular formula is C34H29NO5. The SMILES string of the molecule is CCOC(=O)C(C#N)=C(c1ccccc1)c1ccccc1.COC(C(=O)c1ccccc1)C(=O)c1ccccc1. The molecular weight excluding hydrogens is 502 g/mol. The van der Waals surface area contributed by atoms with E-state index in [4.69, 9.17) is 9.47 Å². The first-order chi connectivity index (χ1) is 19.5. The lowest BCUT2D eigenvalue weighted by Crippen LogP contribution is -2.32. The molecule has 0 N–H and O–H groups in total. The molecule has 0 aromatic heterocycles. The van der Waals surface area contributed by atoms with Gasteiger partial charge in [0, 0.05) is 23.8 Å². The van der Waals surface area contributed by atoms with E-state index >= 15 is 0 Å². The first-order valence-corrected chi connectivity index (χ1v) is 12.6. The Morgan fingerprint density at radius 3 is 1.30 bits per heavy atom. The first-order valence-electron chi connectivity index (χ1n) is 12.6. The van der Waals surface area contributed by atoms with Crippen molar-refractivity contribution in [3.8, 4) is 6.07 Å². The van der Waals surface area contributed by atoms with Crippen molar-refractivity contribution in [1.29, 1.82) is 5.26 Å². The smallest absolute Gasteiger partial charge is 0.349 e. The van der Waals surface area contributed by atoms with E-state index in [1.54, 1.807) is 55.5 Å². The van der Waals surface area contributed by atoms with E-state index in [9.17, 15) is 19.6 Å². The molecule has 4 aromatic rings. The zero-order valence-electron chi connectivity index (χ0n) is 22.3. The van der Waals surface area contributed by atoms with Gasteiger partial charge in [-0.1, -0.05) is 121 Å². The fraction of sp³-hybridized carbons (Fsp3) is 0.118. The maximum Gasteiger partial charge on any atom is 0.349 e. The Balaban J connectivity index is 0.000000222. The molecule has 0 aliphatic rings. The predicted molar refractivity (Wildman–Crippen MR) is 153 cm³/mol. The van der Waals surface area contributed by atoms with E-state index in [1.807, 2.05) is 78.9 Å². The summed E-state index contributed by atoms with van der Waals surface area (Å²) in [5.74, 6) is -1.24. The van der Waals surface area contributed by atoms with Crippen molar-refractivity contribution in [2.45, 2.75) is 13.0 Å². The lowest BCUT2D eigenvalue weighted by Gasteiger charge is -2.13. The molecule has 0 saturated carbocycles. The Labute approximate surface area is 234 Å². The second-order valence-electron chi connectivity index (χ2n) is 8.39. The number of nitrogens with zero attached hydrogens (tertiary/aromatic N) is 1. The Kier molecular flexibility index (Phi) is 11.3. The van der Waals surface area contributed by atoms with Gasteiger partial charge in [0.05, 0.1) is 6.61 Å². The van der Waals surface area contributed by atoms with Crippen molar-refractivity contribution in [3.63, 3.8) is 0 Å². The van der Waals surface area contributed by atoms with E-state index < -0.39 is 12.1 Å². The highest BCUT2D eigenvalue weighted by molar-refractivity contribution is 6.18. The summed E-state index contributed by atoms with van der Waals surface area (Å²) in [6.45, 7) is 1.96. The third-order valence-corrected chi connectivity index (χ3v) is 5.79. The molecule has 0 aliphatic carbocycles. The summed E-state index contributed by atoms with van der Waals surface area (Å²) in [5, 5.41) is 9.41. The quantitative estimate of drug-likeness (QED) is 0.0822. The standard InChI is InChI=1S/C18H15NO2.C16H14O3/c1-2-21-18(20)16(13-19)17(14-9-5-3-6-10-14)15-11-7-4-8-12-15;1-19-16(14(17)12-8-4-2-5-9-12)15(18)13-10-6-3-7-11-13/h3-12H,2H2,1H3;2-11,16H,1H3. The lowest BCUT2D eigenvalue weighted by molar-refractivity contribution is -0.137. The Bertz CT molecular complexity index is 1380. The number of carbonyl (C=O) groups excluding carboxylic acids is 3. The first kappa shape index (κ1) is 29.4. The van der Waals surface area contributed by atoms with Gasteiger partial charge >= 0.3 is 5.97 Å². The van der Waals surface area contributed by atoms with Crippen LogP contribution >= 0.6 is 0 Å². The van der Waals surface area contributed by atoms with E-state index in [0.29, 0.717) is 16.7 Å². The van der Waals surface area contributed by atoms with Crippen LogP contribution in [-0.2, 0) is 14.3 Å². The molecule has 0 atom stereocenters. The molecule has 0 radical (unpaired) electrons. The Morgan fingerprint density at radius 2 is 1.00 bits per heavy atom. The molecule has 0 saturated heterocycles. The van der Waals surface area contributed by atoms with Gasteiger partial charge < -0.3 is 9.47 Å². The summed E-state index contributed by atoms with van der Waals surface area (Å²) < 4.78 is 10.1. The summed E-state index contributed by atoms with van der Waals surface area (Å²) in [6.07, 6.45) is -1.09. The third-order valence-electron chi connectivity index (χ3n) is 5.79. The number of methoxy groups -OCH3 is 1. The van der Waals surface area contributed by atoms with Gasteiger partial charge in [0.15, 0.2) is 17.7 Å². The number of benzene rings is 4. The monoisotopic (exact) mass is 531 g/mol. The summed E-state index contributed by atoms with van der Waals surface area (Å²) in [4.78, 5) is 36.5. The van der Waals surface area contributed by atoms with Crippen LogP contribution < -0.4 is 0 Å². The lowest BCUT2D eigenvalue weighted by atomic mass is 9.93. The number of ether oxygens (including phenoxy) is 2. The largest absolute Gasteiger partial charge is 0.462 e. The Morgan fingerprint density at radius 1 is 0.650 bits per heavy atom. The molecule has 0 fully saturated rings. The number of nitriles is 1. The van der Waals surface area contributed by atoms with Gasteiger partial charge in [-0.3, -0.25) is 9.59 Å². The van der Waals surface area contributed by atoms with Gasteiger partial charge in [-0.05, 0) is 18.1 Å². The van der Waals surface area contributed by atoms with Crippen LogP contribution in [0.4, 0.5) is 0 Å². The number of hydrogen-bond acceptors (Lipinski definition) is 6. The van der Waals surface area contributed by atoms with Crippen LogP contribution in [0, 0.1) is 11.3 Å². The minimum atomic E-state index is -1.09. The maximum absolute atomic E-state index is 12.2. The van der Waals surface area contributed by atoms with E-state index in [1.165, 1.54) is 7.11 Å². The highest BCUT2D eigenvalue weighted by atomic mass is 16.5. The summed E-state index contributed by atoms with van der Waals surface area (Å²) in [5.41, 5.74) is 3.19. The molecule has 200 valence electrons. The van der Waals surface area contributed by atoms with Gasteiger partial charge in [0.2, 0.25) is 0 Å². The second-order valence-corrected chi connectivity index (χ2v) is 8.39. The van der Waals surface area contributed by atoms with Crippen LogP contribution in [0.2, 0.25) is 0 Å². The van der Waals surface area contributed by atoms with Crippen LogP contribution in [0.3, 0.4) is 0 Å². The molecule has 6 heteroatoms. The zero-order valence-corrected chi connectivity index (χ0v) is 22.3. The van der Waals surface area contributed by atoms with Crippen molar-refractivity contribution in [2.24, 2.45) is 0 Å². The number of ketones is 2. The van der Waals surface area contributed by atoms with Crippen LogP contribution in [0.25, 0.3) is 5.57 Å². The fourth-order valence-electron chi connectivity index (χ4n) is 3.91. The van der Waals surface area contributed by atoms with Crippen LogP contribution in [0.5, 0.6) is 0 Å². The highest BCUT2D eigenvalue weighted by Gasteiger charge is 2.28. The molecule has 0 heterocycles. The molecule has 0 unspecified atom stereocenters.